The molecule has 0 aliphatic heterocycles. The van der Waals surface area contributed by atoms with Crippen LogP contribution in [0.5, 0.6) is 0 Å². The highest BCUT2D eigenvalue weighted by molar-refractivity contribution is 5.22. The molecule has 4 aliphatic rings. The van der Waals surface area contributed by atoms with Crippen molar-refractivity contribution in [1.82, 2.24) is 10.6 Å². The fourth-order valence-electron chi connectivity index (χ4n) is 14.1. The van der Waals surface area contributed by atoms with E-state index in [0.29, 0.717) is 40.5 Å². The first-order chi connectivity index (χ1) is 30.2. The Labute approximate surface area is 403 Å². The normalized spacial score (nSPS) is 34.8. The van der Waals surface area contributed by atoms with E-state index in [1.165, 1.54) is 146 Å². The van der Waals surface area contributed by atoms with Gasteiger partial charge in [-0.1, -0.05) is 192 Å². The summed E-state index contributed by atoms with van der Waals surface area (Å²) in [7, 11) is 0. The first-order valence-electron chi connectivity index (χ1n) is 28.4. The van der Waals surface area contributed by atoms with E-state index in [1.54, 1.807) is 0 Å². The second-order valence-corrected chi connectivity index (χ2v) is 24.5. The first kappa shape index (κ1) is 58.7. The Morgan fingerprint density at radius 1 is 0.766 bits per heavy atom. The minimum absolute atomic E-state index is 0.198. The molecular weight excluding hydrogens is 773 g/mol. The molecule has 3 fully saturated rings. The van der Waals surface area contributed by atoms with Gasteiger partial charge in [-0.2, -0.15) is 0 Å². The summed E-state index contributed by atoms with van der Waals surface area (Å²) in [6.07, 6.45) is 33.4. The number of unbranched alkanes of at least 4 members (excludes halogenated alkanes) is 5. The SMILES string of the molecule is C=C(C)CC1CC[C@H](C)C([C@@H](C)CC(C)C(=C)CC(C)C(C)CC(C)C2(C)C=CC(NC(=C)NCCCCCCCC)C3(CC[C@@](C)(C4CCC(C)(CC)[C@H](C)C4)C3)C2)C1.CC.CC. The molecule has 0 aromatic rings. The van der Waals surface area contributed by atoms with Crippen LogP contribution in [-0.4, -0.2) is 12.6 Å². The molecule has 0 aromatic heterocycles. The van der Waals surface area contributed by atoms with E-state index in [4.69, 9.17) is 6.58 Å². The Kier molecular flexibility index (Phi) is 25.2. The third kappa shape index (κ3) is 16.4. The van der Waals surface area contributed by atoms with Crippen LogP contribution in [-0.2, 0) is 0 Å². The van der Waals surface area contributed by atoms with Gasteiger partial charge in [0.15, 0.2) is 0 Å². The molecule has 0 bridgehead atoms. The van der Waals surface area contributed by atoms with Crippen LogP contribution in [0.25, 0.3) is 0 Å². The van der Waals surface area contributed by atoms with Crippen molar-refractivity contribution >= 4 is 0 Å². The summed E-state index contributed by atoms with van der Waals surface area (Å²) in [6, 6.07) is 0.350. The van der Waals surface area contributed by atoms with E-state index in [-0.39, 0.29) is 10.8 Å². The Morgan fingerprint density at radius 3 is 2.05 bits per heavy atom. The largest absolute Gasteiger partial charge is 0.372 e. The Bertz CT molecular complexity index is 1390. The predicted octanol–water partition coefficient (Wildman–Crippen LogP) is 19.3. The summed E-state index contributed by atoms with van der Waals surface area (Å²) in [5.74, 6) is 8.57. The van der Waals surface area contributed by atoms with Crippen molar-refractivity contribution in [2.24, 2.45) is 80.8 Å². The zero-order valence-corrected chi connectivity index (χ0v) is 46.7. The van der Waals surface area contributed by atoms with Crippen LogP contribution in [0.4, 0.5) is 0 Å². The lowest BCUT2D eigenvalue weighted by Crippen LogP contribution is -2.51. The van der Waals surface area contributed by atoms with Gasteiger partial charge in [0.05, 0.1) is 11.9 Å². The average molecular weight is 890 g/mol. The molecule has 4 rings (SSSR count). The van der Waals surface area contributed by atoms with Crippen molar-refractivity contribution in [2.75, 3.05) is 6.54 Å². The molecule has 1 spiro atoms. The second kappa shape index (κ2) is 27.5. The Hall–Kier alpha value is -1.44. The highest BCUT2D eigenvalue weighted by atomic mass is 15.1. The topological polar surface area (TPSA) is 24.1 Å². The number of hydrogen-bond donors (Lipinski definition) is 2. The standard InChI is InChI=1S/C58H104N2.2C2H6/c1-17-19-20-21-22-23-32-59-50(13)60-54-27-29-56(15,39-58(54)31-30-57(16,40-58)52-26-28-55(14,18-2)49(12)37-52)48(11)36-46(9)44(7)34-43(6)45(8)35-47(10)53-38-51(33-41(3)4)25-24-42(53)5;2*1-2/h27,29,42,44-49,51-54,59-60H,3,6,13,17-26,28,30-40H2,1-2,4-5,7-12,14-16H3;2*1-2H3/t42-,44?,45?,46?,47-,48?,49+,51?,52?,53?,54?,55?,56?,57+,58?;;/m0../s1. The predicted molar refractivity (Wildman–Crippen MR) is 290 cm³/mol. The Balaban J connectivity index is 0.00000342. The third-order valence-electron chi connectivity index (χ3n) is 19.5. The molecule has 2 heteroatoms. The fraction of sp³-hybridized carbons (Fsp3) is 0.871. The summed E-state index contributed by atoms with van der Waals surface area (Å²) < 4.78 is 0. The molecule has 0 saturated heterocycles. The molecule has 11 unspecified atom stereocenters. The van der Waals surface area contributed by atoms with Crippen LogP contribution in [0.3, 0.4) is 0 Å². The van der Waals surface area contributed by atoms with Gasteiger partial charge in [0.1, 0.15) is 0 Å². The summed E-state index contributed by atoms with van der Waals surface area (Å²) in [5.41, 5.74) is 4.27. The molecule has 0 radical (unpaired) electrons. The van der Waals surface area contributed by atoms with Crippen molar-refractivity contribution in [3.63, 3.8) is 0 Å². The maximum absolute atomic E-state index is 4.78. The lowest BCUT2D eigenvalue weighted by molar-refractivity contribution is 0.0137. The van der Waals surface area contributed by atoms with Gasteiger partial charge in [0, 0.05) is 6.54 Å². The van der Waals surface area contributed by atoms with E-state index < -0.39 is 0 Å². The minimum atomic E-state index is 0.198. The molecule has 0 amide bonds. The number of nitrogens with one attached hydrogen (secondary N) is 2. The molecule has 64 heavy (non-hydrogen) atoms. The second-order valence-electron chi connectivity index (χ2n) is 24.5. The quantitative estimate of drug-likeness (QED) is 0.0745. The van der Waals surface area contributed by atoms with Gasteiger partial charge < -0.3 is 10.6 Å². The molecule has 374 valence electrons. The van der Waals surface area contributed by atoms with Crippen LogP contribution in [0, 0.1) is 80.8 Å². The molecule has 15 atom stereocenters. The summed E-state index contributed by atoms with van der Waals surface area (Å²) in [6.45, 7) is 55.3. The minimum Gasteiger partial charge on any atom is -0.372 e. The molecule has 2 nitrogen and oxygen atoms in total. The van der Waals surface area contributed by atoms with Crippen LogP contribution < -0.4 is 10.6 Å². The van der Waals surface area contributed by atoms with Crippen molar-refractivity contribution < 1.29 is 0 Å². The van der Waals surface area contributed by atoms with Gasteiger partial charge in [0.25, 0.3) is 0 Å². The zero-order chi connectivity index (χ0) is 48.5. The molecule has 0 heterocycles. The smallest absolute Gasteiger partial charge is 0.0917 e. The van der Waals surface area contributed by atoms with Crippen molar-refractivity contribution in [3.05, 3.63) is 48.9 Å². The third-order valence-corrected chi connectivity index (χ3v) is 19.5. The van der Waals surface area contributed by atoms with Crippen LogP contribution in [0.15, 0.2) is 48.9 Å². The van der Waals surface area contributed by atoms with E-state index in [1.807, 2.05) is 27.7 Å². The number of rotatable bonds is 24. The maximum Gasteiger partial charge on any atom is 0.0917 e. The zero-order valence-electron chi connectivity index (χ0n) is 46.7. The monoisotopic (exact) mass is 889 g/mol. The van der Waals surface area contributed by atoms with Crippen LogP contribution in [0.1, 0.15) is 253 Å². The van der Waals surface area contributed by atoms with Crippen LogP contribution >= 0.6 is 0 Å². The van der Waals surface area contributed by atoms with E-state index in [2.05, 4.69) is 126 Å². The van der Waals surface area contributed by atoms with Gasteiger partial charge in [0.2, 0.25) is 0 Å². The summed E-state index contributed by atoms with van der Waals surface area (Å²) in [4.78, 5) is 0. The van der Waals surface area contributed by atoms with Crippen molar-refractivity contribution in [1.29, 1.82) is 0 Å². The van der Waals surface area contributed by atoms with E-state index >= 15 is 0 Å². The average Bonchev–Trinajstić information content (AvgIpc) is 3.60. The van der Waals surface area contributed by atoms with Gasteiger partial charge in [-0.3, -0.25) is 0 Å². The van der Waals surface area contributed by atoms with Gasteiger partial charge >= 0.3 is 0 Å². The van der Waals surface area contributed by atoms with E-state index in [0.717, 1.165) is 47.9 Å². The van der Waals surface area contributed by atoms with E-state index in [9.17, 15) is 0 Å². The molecule has 4 aliphatic carbocycles. The lowest BCUT2D eigenvalue weighted by atomic mass is 9.55. The van der Waals surface area contributed by atoms with Gasteiger partial charge in [-0.25, -0.2) is 0 Å². The van der Waals surface area contributed by atoms with Crippen molar-refractivity contribution in [3.8, 4) is 0 Å². The molecule has 2 N–H and O–H groups in total. The highest BCUT2D eigenvalue weighted by Crippen LogP contribution is 2.65. The Morgan fingerprint density at radius 2 is 1.42 bits per heavy atom. The number of hydrogen-bond acceptors (Lipinski definition) is 2. The maximum atomic E-state index is 4.78. The molecular formula is C62H116N2. The highest BCUT2D eigenvalue weighted by Gasteiger charge is 2.57. The lowest BCUT2D eigenvalue weighted by Gasteiger charge is -2.52. The summed E-state index contributed by atoms with van der Waals surface area (Å²) in [5, 5.41) is 7.77. The van der Waals surface area contributed by atoms with Crippen molar-refractivity contribution in [2.45, 2.75) is 259 Å². The van der Waals surface area contributed by atoms with Crippen LogP contribution in [0.2, 0.25) is 0 Å². The molecule has 3 saturated carbocycles. The van der Waals surface area contributed by atoms with Gasteiger partial charge in [-0.15, -0.1) is 6.58 Å². The van der Waals surface area contributed by atoms with Gasteiger partial charge in [-0.05, 0) is 178 Å². The summed E-state index contributed by atoms with van der Waals surface area (Å²) >= 11 is 0. The first-order valence-corrected chi connectivity index (χ1v) is 28.4. The number of allylic oxidation sites excluding steroid dienone is 3. The fourth-order valence-corrected chi connectivity index (χ4v) is 14.1. The molecule has 0 aromatic carbocycles.